The summed E-state index contributed by atoms with van der Waals surface area (Å²) in [6.45, 7) is 3.95. The van der Waals surface area contributed by atoms with Crippen LogP contribution in [0.5, 0.6) is 0 Å². The normalized spacial score (nSPS) is 27.2. The first-order valence-electron chi connectivity index (χ1n) is 6.98. The standard InChI is InChI=1S/C12H25N3O2S.ClH/c1-11-10-15(9-8-13-11)18(16,17)14(2)12-6-4-3-5-7-12;/h11-13H,3-10H2,1-2H3;1H/t11-;/m1./s1. The van der Waals surface area contributed by atoms with Crippen molar-refractivity contribution in [3.8, 4) is 0 Å². The maximum atomic E-state index is 12.6. The van der Waals surface area contributed by atoms with Gasteiger partial charge in [0, 0.05) is 38.8 Å². The van der Waals surface area contributed by atoms with Crippen LogP contribution in [-0.2, 0) is 10.2 Å². The van der Waals surface area contributed by atoms with Crippen molar-refractivity contribution in [1.82, 2.24) is 13.9 Å². The van der Waals surface area contributed by atoms with Crippen molar-refractivity contribution >= 4 is 22.6 Å². The summed E-state index contributed by atoms with van der Waals surface area (Å²) in [4.78, 5) is 0. The third-order valence-corrected chi connectivity index (χ3v) is 6.12. The van der Waals surface area contributed by atoms with Crippen LogP contribution in [0.4, 0.5) is 0 Å². The van der Waals surface area contributed by atoms with E-state index in [1.54, 1.807) is 15.7 Å². The second kappa shape index (κ2) is 7.22. The molecular formula is C12H26ClN3O2S. The van der Waals surface area contributed by atoms with Gasteiger partial charge in [0.25, 0.3) is 10.2 Å². The zero-order chi connectivity index (χ0) is 13.2. The molecule has 1 N–H and O–H groups in total. The van der Waals surface area contributed by atoms with Crippen LogP contribution in [0, 0.1) is 0 Å². The van der Waals surface area contributed by atoms with E-state index in [4.69, 9.17) is 0 Å². The highest BCUT2D eigenvalue weighted by molar-refractivity contribution is 7.86. The molecule has 0 radical (unpaired) electrons. The predicted octanol–water partition coefficient (Wildman–Crippen LogP) is 1.21. The van der Waals surface area contributed by atoms with Gasteiger partial charge in [0.1, 0.15) is 0 Å². The van der Waals surface area contributed by atoms with Gasteiger partial charge in [-0.2, -0.15) is 17.0 Å². The van der Waals surface area contributed by atoms with Crippen LogP contribution in [0.25, 0.3) is 0 Å². The van der Waals surface area contributed by atoms with Gasteiger partial charge in [0.15, 0.2) is 0 Å². The fourth-order valence-electron chi connectivity index (χ4n) is 2.92. The van der Waals surface area contributed by atoms with Crippen LogP contribution in [0.15, 0.2) is 0 Å². The molecule has 0 amide bonds. The molecule has 0 aromatic carbocycles. The Morgan fingerprint density at radius 2 is 1.84 bits per heavy atom. The number of hydrogen-bond donors (Lipinski definition) is 1. The van der Waals surface area contributed by atoms with Crippen molar-refractivity contribution in [2.75, 3.05) is 26.7 Å². The molecule has 0 aromatic heterocycles. The smallest absolute Gasteiger partial charge is 0.282 e. The average molecular weight is 312 g/mol. The Hall–Kier alpha value is 0.120. The van der Waals surface area contributed by atoms with Crippen LogP contribution in [0.1, 0.15) is 39.0 Å². The van der Waals surface area contributed by atoms with Crippen LogP contribution < -0.4 is 5.32 Å². The summed E-state index contributed by atoms with van der Waals surface area (Å²) in [6, 6.07) is 0.447. The average Bonchev–Trinajstić information content (AvgIpc) is 2.39. The van der Waals surface area contributed by atoms with Crippen molar-refractivity contribution < 1.29 is 8.42 Å². The summed E-state index contributed by atoms with van der Waals surface area (Å²) in [7, 11) is -1.52. The fraction of sp³-hybridized carbons (Fsp3) is 1.00. The molecule has 5 nitrogen and oxygen atoms in total. The Kier molecular flexibility index (Phi) is 6.53. The second-order valence-corrected chi connectivity index (χ2v) is 7.52. The monoisotopic (exact) mass is 311 g/mol. The van der Waals surface area contributed by atoms with Gasteiger partial charge in [0.2, 0.25) is 0 Å². The largest absolute Gasteiger partial charge is 0.312 e. The number of nitrogens with one attached hydrogen (secondary N) is 1. The molecule has 1 heterocycles. The zero-order valence-electron chi connectivity index (χ0n) is 11.8. The number of hydrogen-bond acceptors (Lipinski definition) is 3. The molecule has 0 aromatic rings. The lowest BCUT2D eigenvalue weighted by molar-refractivity contribution is 0.244. The molecule has 1 aliphatic heterocycles. The van der Waals surface area contributed by atoms with Crippen LogP contribution >= 0.6 is 12.4 Å². The molecule has 114 valence electrons. The van der Waals surface area contributed by atoms with Crippen LogP contribution in [-0.4, -0.2) is 55.8 Å². The molecule has 19 heavy (non-hydrogen) atoms. The predicted molar refractivity (Wildman–Crippen MR) is 79.8 cm³/mol. The van der Waals surface area contributed by atoms with Crippen LogP contribution in [0.2, 0.25) is 0 Å². The lowest BCUT2D eigenvalue weighted by Crippen LogP contribution is -2.56. The second-order valence-electron chi connectivity index (χ2n) is 5.53. The topological polar surface area (TPSA) is 52.7 Å². The van der Waals surface area contributed by atoms with Crippen molar-refractivity contribution in [2.45, 2.75) is 51.1 Å². The molecule has 0 bridgehead atoms. The van der Waals surface area contributed by atoms with E-state index in [0.717, 1.165) is 32.2 Å². The first kappa shape index (κ1) is 17.2. The number of halogens is 1. The lowest BCUT2D eigenvalue weighted by atomic mass is 9.96. The molecule has 1 aliphatic carbocycles. The van der Waals surface area contributed by atoms with E-state index in [1.165, 1.54) is 6.42 Å². The molecule has 0 unspecified atom stereocenters. The van der Waals surface area contributed by atoms with Gasteiger partial charge in [-0.3, -0.25) is 0 Å². The quantitative estimate of drug-likeness (QED) is 0.852. The summed E-state index contributed by atoms with van der Waals surface area (Å²) < 4.78 is 28.4. The summed E-state index contributed by atoms with van der Waals surface area (Å²) in [5.41, 5.74) is 0. The number of rotatable bonds is 3. The van der Waals surface area contributed by atoms with E-state index in [0.29, 0.717) is 13.1 Å². The molecule has 2 aliphatic rings. The Labute approximate surface area is 123 Å². The molecule has 7 heteroatoms. The Morgan fingerprint density at radius 1 is 1.21 bits per heavy atom. The maximum Gasteiger partial charge on any atom is 0.282 e. The summed E-state index contributed by atoms with van der Waals surface area (Å²) in [5, 5.41) is 3.28. The SMILES string of the molecule is C[C@@H]1CN(S(=O)(=O)N(C)C2CCCCC2)CCN1.Cl. The Balaban J connectivity index is 0.00000180. The highest BCUT2D eigenvalue weighted by Crippen LogP contribution is 2.25. The molecule has 0 spiro atoms. The number of nitrogens with zero attached hydrogens (tertiary/aromatic N) is 2. The first-order chi connectivity index (χ1) is 8.51. The highest BCUT2D eigenvalue weighted by Gasteiger charge is 2.34. The van der Waals surface area contributed by atoms with E-state index in [9.17, 15) is 8.42 Å². The minimum absolute atomic E-state index is 0. The van der Waals surface area contributed by atoms with Crippen molar-refractivity contribution in [3.05, 3.63) is 0 Å². The van der Waals surface area contributed by atoms with Gasteiger partial charge >= 0.3 is 0 Å². The molecule has 1 atom stereocenters. The third kappa shape index (κ3) is 4.04. The maximum absolute atomic E-state index is 12.6. The molecule has 1 saturated heterocycles. The summed E-state index contributed by atoms with van der Waals surface area (Å²) >= 11 is 0. The van der Waals surface area contributed by atoms with Crippen LogP contribution in [0.3, 0.4) is 0 Å². The zero-order valence-corrected chi connectivity index (χ0v) is 13.5. The van der Waals surface area contributed by atoms with Crippen molar-refractivity contribution in [3.63, 3.8) is 0 Å². The van der Waals surface area contributed by atoms with E-state index in [-0.39, 0.29) is 24.5 Å². The van der Waals surface area contributed by atoms with Crippen molar-refractivity contribution in [2.24, 2.45) is 0 Å². The Morgan fingerprint density at radius 3 is 2.42 bits per heavy atom. The van der Waals surface area contributed by atoms with Crippen molar-refractivity contribution in [1.29, 1.82) is 0 Å². The first-order valence-corrected chi connectivity index (χ1v) is 8.38. The van der Waals surface area contributed by atoms with Gasteiger partial charge in [-0.15, -0.1) is 12.4 Å². The highest BCUT2D eigenvalue weighted by atomic mass is 35.5. The van der Waals surface area contributed by atoms with Gasteiger partial charge in [-0.25, -0.2) is 0 Å². The van der Waals surface area contributed by atoms with E-state index in [1.807, 2.05) is 6.92 Å². The van der Waals surface area contributed by atoms with Gasteiger partial charge in [0.05, 0.1) is 0 Å². The molecule has 1 saturated carbocycles. The third-order valence-electron chi connectivity index (χ3n) is 4.11. The van der Waals surface area contributed by atoms with E-state index >= 15 is 0 Å². The van der Waals surface area contributed by atoms with E-state index in [2.05, 4.69) is 5.32 Å². The molecular weight excluding hydrogens is 286 g/mol. The molecule has 2 rings (SSSR count). The Bertz CT molecular complexity index is 371. The number of piperazine rings is 1. The minimum Gasteiger partial charge on any atom is -0.312 e. The van der Waals surface area contributed by atoms with Gasteiger partial charge in [-0.1, -0.05) is 19.3 Å². The van der Waals surface area contributed by atoms with Gasteiger partial charge < -0.3 is 5.32 Å². The lowest BCUT2D eigenvalue weighted by Gasteiger charge is -2.37. The molecule has 2 fully saturated rings. The van der Waals surface area contributed by atoms with E-state index < -0.39 is 10.2 Å². The van der Waals surface area contributed by atoms with Gasteiger partial charge in [-0.05, 0) is 19.8 Å². The summed E-state index contributed by atoms with van der Waals surface area (Å²) in [6.07, 6.45) is 5.58. The minimum atomic E-state index is -3.27. The fourth-order valence-corrected chi connectivity index (χ4v) is 4.61. The summed E-state index contributed by atoms with van der Waals surface area (Å²) in [5.74, 6) is 0.